The van der Waals surface area contributed by atoms with Crippen LogP contribution in [-0.4, -0.2) is 33.9 Å². The minimum atomic E-state index is -0.292. The lowest BCUT2D eigenvalue weighted by Crippen LogP contribution is -2.27. The number of hydrogen-bond donors (Lipinski definition) is 3. The van der Waals surface area contributed by atoms with Gasteiger partial charge in [-0.1, -0.05) is 30.3 Å². The normalized spacial score (nSPS) is 10.4. The van der Waals surface area contributed by atoms with Gasteiger partial charge in [0.25, 0.3) is 5.91 Å². The van der Waals surface area contributed by atoms with Crippen molar-refractivity contribution in [1.82, 2.24) is 15.1 Å². The SMILES string of the molecule is CCn1cc(NC(=O)CCS)c(C(=O)NCCc2ccccc2)n1. The van der Waals surface area contributed by atoms with Crippen molar-refractivity contribution < 1.29 is 9.59 Å². The van der Waals surface area contributed by atoms with E-state index in [4.69, 9.17) is 0 Å². The van der Waals surface area contributed by atoms with Crippen molar-refractivity contribution in [3.8, 4) is 0 Å². The molecule has 2 aromatic rings. The zero-order valence-corrected chi connectivity index (χ0v) is 14.6. The number of rotatable bonds is 8. The second kappa shape index (κ2) is 9.12. The number of carbonyl (C=O) groups excluding carboxylic acids is 2. The van der Waals surface area contributed by atoms with E-state index in [1.165, 1.54) is 0 Å². The Hall–Kier alpha value is -2.28. The fourth-order valence-electron chi connectivity index (χ4n) is 2.21. The predicted octanol–water partition coefficient (Wildman–Crippen LogP) is 2.13. The first kappa shape index (κ1) is 18.1. The average Bonchev–Trinajstić information content (AvgIpc) is 2.99. The Morgan fingerprint density at radius 2 is 2.00 bits per heavy atom. The van der Waals surface area contributed by atoms with Crippen LogP contribution in [0.1, 0.15) is 29.4 Å². The quantitative estimate of drug-likeness (QED) is 0.641. The summed E-state index contributed by atoms with van der Waals surface area (Å²) in [5, 5.41) is 9.81. The average molecular weight is 346 g/mol. The van der Waals surface area contributed by atoms with Gasteiger partial charge >= 0.3 is 0 Å². The van der Waals surface area contributed by atoms with Crippen LogP contribution < -0.4 is 10.6 Å². The molecule has 1 aromatic carbocycles. The molecule has 0 saturated carbocycles. The van der Waals surface area contributed by atoms with Crippen LogP contribution in [0.3, 0.4) is 0 Å². The molecule has 2 N–H and O–H groups in total. The topological polar surface area (TPSA) is 76.0 Å². The standard InChI is InChI=1S/C17H22N4O2S/c1-2-21-12-14(19-15(22)9-11-24)16(20-21)17(23)18-10-8-13-6-4-3-5-7-13/h3-7,12,24H,2,8-11H2,1H3,(H,18,23)(H,19,22). The van der Waals surface area contributed by atoms with Crippen LogP contribution in [0.15, 0.2) is 36.5 Å². The first-order valence-electron chi connectivity index (χ1n) is 7.94. The largest absolute Gasteiger partial charge is 0.350 e. The number of aryl methyl sites for hydroxylation is 1. The molecule has 0 radical (unpaired) electrons. The van der Waals surface area contributed by atoms with Crippen molar-refractivity contribution in [2.24, 2.45) is 0 Å². The van der Waals surface area contributed by atoms with Crippen LogP contribution in [0, 0.1) is 0 Å². The lowest BCUT2D eigenvalue weighted by Gasteiger charge is -2.06. The number of aromatic nitrogens is 2. The van der Waals surface area contributed by atoms with Gasteiger partial charge in [-0.05, 0) is 24.7 Å². The van der Waals surface area contributed by atoms with Gasteiger partial charge in [0, 0.05) is 25.7 Å². The number of benzene rings is 1. The summed E-state index contributed by atoms with van der Waals surface area (Å²) in [6, 6.07) is 9.92. The Kier molecular flexibility index (Phi) is 6.87. The van der Waals surface area contributed by atoms with Gasteiger partial charge in [-0.15, -0.1) is 0 Å². The predicted molar refractivity (Wildman–Crippen MR) is 97.5 cm³/mol. The van der Waals surface area contributed by atoms with Crippen LogP contribution >= 0.6 is 12.6 Å². The van der Waals surface area contributed by atoms with E-state index in [1.54, 1.807) is 10.9 Å². The maximum absolute atomic E-state index is 12.4. The highest BCUT2D eigenvalue weighted by Gasteiger charge is 2.18. The molecule has 128 valence electrons. The van der Waals surface area contributed by atoms with Crippen LogP contribution in [0.4, 0.5) is 5.69 Å². The van der Waals surface area contributed by atoms with Crippen molar-refractivity contribution in [2.45, 2.75) is 26.3 Å². The molecule has 24 heavy (non-hydrogen) atoms. The third-order valence-electron chi connectivity index (χ3n) is 3.46. The minimum Gasteiger partial charge on any atom is -0.350 e. The molecule has 0 aliphatic carbocycles. The van der Waals surface area contributed by atoms with Gasteiger partial charge < -0.3 is 10.6 Å². The summed E-state index contributed by atoms with van der Waals surface area (Å²) in [5.74, 6) is -0.0231. The Morgan fingerprint density at radius 3 is 2.67 bits per heavy atom. The Labute approximate surface area is 147 Å². The second-order valence-corrected chi connectivity index (χ2v) is 5.71. The van der Waals surface area contributed by atoms with E-state index in [0.29, 0.717) is 24.5 Å². The van der Waals surface area contributed by atoms with Gasteiger partial charge in [-0.3, -0.25) is 14.3 Å². The number of nitrogens with one attached hydrogen (secondary N) is 2. The second-order valence-electron chi connectivity index (χ2n) is 5.26. The number of carbonyl (C=O) groups is 2. The van der Waals surface area contributed by atoms with Gasteiger partial charge in [0.1, 0.15) is 0 Å². The molecule has 0 spiro atoms. The van der Waals surface area contributed by atoms with Gasteiger partial charge in [-0.2, -0.15) is 17.7 Å². The van der Waals surface area contributed by atoms with E-state index in [9.17, 15) is 9.59 Å². The first-order valence-corrected chi connectivity index (χ1v) is 8.57. The number of nitrogens with zero attached hydrogens (tertiary/aromatic N) is 2. The van der Waals surface area contributed by atoms with Crippen LogP contribution in [0.25, 0.3) is 0 Å². The van der Waals surface area contributed by atoms with Crippen LogP contribution in [-0.2, 0) is 17.8 Å². The van der Waals surface area contributed by atoms with E-state index in [0.717, 1.165) is 12.0 Å². The number of thiol groups is 1. The molecule has 0 unspecified atom stereocenters. The monoisotopic (exact) mass is 346 g/mol. The molecule has 0 bridgehead atoms. The van der Waals surface area contributed by atoms with Crippen LogP contribution in [0.5, 0.6) is 0 Å². The molecular weight excluding hydrogens is 324 g/mol. The summed E-state index contributed by atoms with van der Waals surface area (Å²) in [5.41, 5.74) is 1.82. The zero-order chi connectivity index (χ0) is 17.4. The molecule has 0 atom stereocenters. The maximum atomic E-state index is 12.4. The van der Waals surface area contributed by atoms with Crippen molar-refractivity contribution in [1.29, 1.82) is 0 Å². The van der Waals surface area contributed by atoms with E-state index < -0.39 is 0 Å². The van der Waals surface area contributed by atoms with E-state index in [1.807, 2.05) is 37.3 Å². The fraction of sp³-hybridized carbons (Fsp3) is 0.353. The minimum absolute atomic E-state index is 0.181. The van der Waals surface area contributed by atoms with E-state index in [2.05, 4.69) is 28.4 Å². The van der Waals surface area contributed by atoms with Gasteiger partial charge in [0.15, 0.2) is 5.69 Å². The van der Waals surface area contributed by atoms with Crippen molar-refractivity contribution in [2.75, 3.05) is 17.6 Å². The molecule has 7 heteroatoms. The molecule has 2 rings (SSSR count). The molecule has 0 saturated heterocycles. The summed E-state index contributed by atoms with van der Waals surface area (Å²) >= 11 is 4.04. The summed E-state index contributed by atoms with van der Waals surface area (Å²) < 4.78 is 1.63. The highest BCUT2D eigenvalue weighted by atomic mass is 32.1. The third-order valence-corrected chi connectivity index (χ3v) is 3.68. The molecule has 1 heterocycles. The smallest absolute Gasteiger partial charge is 0.273 e. The molecular formula is C17H22N4O2S. The Morgan fingerprint density at radius 1 is 1.25 bits per heavy atom. The van der Waals surface area contributed by atoms with E-state index in [-0.39, 0.29) is 23.9 Å². The molecule has 1 aromatic heterocycles. The number of amides is 2. The summed E-state index contributed by atoms with van der Waals surface area (Å²) in [6.45, 7) is 3.04. The van der Waals surface area contributed by atoms with Gasteiger partial charge in [-0.25, -0.2) is 0 Å². The molecule has 6 nitrogen and oxygen atoms in total. The number of hydrogen-bond acceptors (Lipinski definition) is 4. The maximum Gasteiger partial charge on any atom is 0.273 e. The van der Waals surface area contributed by atoms with Gasteiger partial charge in [0.2, 0.25) is 5.91 Å². The molecule has 2 amide bonds. The van der Waals surface area contributed by atoms with Crippen LogP contribution in [0.2, 0.25) is 0 Å². The molecule has 0 fully saturated rings. The highest BCUT2D eigenvalue weighted by Crippen LogP contribution is 2.14. The lowest BCUT2D eigenvalue weighted by atomic mass is 10.1. The summed E-state index contributed by atoms with van der Waals surface area (Å²) in [6.07, 6.45) is 2.69. The third kappa shape index (κ3) is 5.13. The lowest BCUT2D eigenvalue weighted by molar-refractivity contribution is -0.115. The molecule has 0 aliphatic heterocycles. The van der Waals surface area contributed by atoms with Crippen molar-refractivity contribution in [3.05, 3.63) is 47.8 Å². The molecule has 0 aliphatic rings. The Bertz CT molecular complexity index is 685. The highest BCUT2D eigenvalue weighted by molar-refractivity contribution is 7.80. The zero-order valence-electron chi connectivity index (χ0n) is 13.7. The van der Waals surface area contributed by atoms with Crippen molar-refractivity contribution in [3.63, 3.8) is 0 Å². The number of anilines is 1. The summed E-state index contributed by atoms with van der Waals surface area (Å²) in [7, 11) is 0. The Balaban J connectivity index is 1.99. The van der Waals surface area contributed by atoms with Gasteiger partial charge in [0.05, 0.1) is 5.69 Å². The fourth-order valence-corrected chi connectivity index (χ4v) is 2.41. The van der Waals surface area contributed by atoms with E-state index >= 15 is 0 Å². The summed E-state index contributed by atoms with van der Waals surface area (Å²) in [4.78, 5) is 24.1. The van der Waals surface area contributed by atoms with Crippen molar-refractivity contribution >= 4 is 30.1 Å². The first-order chi connectivity index (χ1) is 11.6.